The third kappa shape index (κ3) is 5.09. The van der Waals surface area contributed by atoms with Gasteiger partial charge in [0.15, 0.2) is 16.6 Å². The van der Waals surface area contributed by atoms with Crippen molar-refractivity contribution in [1.82, 2.24) is 20.1 Å². The van der Waals surface area contributed by atoms with E-state index in [0.717, 1.165) is 16.2 Å². The van der Waals surface area contributed by atoms with E-state index in [-0.39, 0.29) is 53.3 Å². The normalized spacial score (nSPS) is 21.7. The fraction of sp³-hybridized carbons (Fsp3) is 0.292. The van der Waals surface area contributed by atoms with Crippen molar-refractivity contribution in [2.24, 2.45) is 5.18 Å². The van der Waals surface area contributed by atoms with Crippen LogP contribution >= 0.6 is 11.3 Å². The number of thiazole rings is 1. The largest absolute Gasteiger partial charge is 0.489 e. The van der Waals surface area contributed by atoms with E-state index in [4.69, 9.17) is 10.5 Å². The molecule has 1 aromatic carbocycles. The van der Waals surface area contributed by atoms with Crippen LogP contribution in [0, 0.1) is 15.0 Å². The highest BCUT2D eigenvalue weighted by Crippen LogP contribution is 2.35. The molecule has 0 spiro atoms. The van der Waals surface area contributed by atoms with E-state index < -0.39 is 46.5 Å². The number of carboxylic acids is 1. The second-order valence-corrected chi connectivity index (χ2v) is 10.2. The van der Waals surface area contributed by atoms with E-state index >= 15 is 0 Å². The number of amides is 3. The Morgan fingerprint density at radius 2 is 2.07 bits per heavy atom. The molecular formula is C24H21N7O9S. The third-order valence-electron chi connectivity index (χ3n) is 6.82. The predicted octanol–water partition coefficient (Wildman–Crippen LogP) is 0.822. The summed E-state index contributed by atoms with van der Waals surface area (Å²) in [4.78, 5) is 78.7. The van der Waals surface area contributed by atoms with Gasteiger partial charge in [0, 0.05) is 36.2 Å². The zero-order valence-electron chi connectivity index (χ0n) is 21.0. The number of rotatable bonds is 9. The molecule has 4 N–H and O–H groups in total. The van der Waals surface area contributed by atoms with Gasteiger partial charge >= 0.3 is 5.97 Å². The summed E-state index contributed by atoms with van der Waals surface area (Å²) in [6.07, 6.45) is 1.57. The number of benzene rings is 1. The van der Waals surface area contributed by atoms with E-state index in [0.29, 0.717) is 12.1 Å². The SMILES string of the molecule is Nc1nc(C(N=O)C(=O)N[C@@H]2C(=O)N3C(C(=O)O)=C(C=C4CCN(Cc5ccc([N+](=O)[O-])cc5)C4=O)OC[C@H]23)cs1. The number of likely N-dealkylation sites (tertiary alicyclic amines) is 1. The zero-order valence-corrected chi connectivity index (χ0v) is 21.8. The lowest BCUT2D eigenvalue weighted by Gasteiger charge is -2.49. The number of hydrogen-bond acceptors (Lipinski definition) is 12. The molecule has 16 nitrogen and oxygen atoms in total. The number of nitrogen functional groups attached to an aromatic ring is 1. The highest BCUT2D eigenvalue weighted by atomic mass is 32.1. The van der Waals surface area contributed by atoms with Gasteiger partial charge < -0.3 is 25.8 Å². The number of nitro benzene ring substituents is 1. The van der Waals surface area contributed by atoms with Gasteiger partial charge in [0.1, 0.15) is 18.7 Å². The van der Waals surface area contributed by atoms with Crippen LogP contribution < -0.4 is 11.1 Å². The molecular weight excluding hydrogens is 562 g/mol. The fourth-order valence-electron chi connectivity index (χ4n) is 4.78. The molecule has 3 aliphatic rings. The summed E-state index contributed by atoms with van der Waals surface area (Å²) in [6.45, 7) is 0.335. The second kappa shape index (κ2) is 10.8. The van der Waals surface area contributed by atoms with E-state index in [1.54, 1.807) is 12.1 Å². The molecule has 0 saturated carbocycles. The molecule has 4 heterocycles. The first kappa shape index (κ1) is 27.4. The maximum Gasteiger partial charge on any atom is 0.356 e. The number of aliphatic carboxylic acids is 1. The Labute approximate surface area is 234 Å². The van der Waals surface area contributed by atoms with Gasteiger partial charge in [0.2, 0.25) is 11.9 Å². The number of nitrogens with one attached hydrogen (secondary N) is 1. The van der Waals surface area contributed by atoms with Gasteiger partial charge in [0.05, 0.1) is 10.6 Å². The molecule has 5 rings (SSSR count). The highest BCUT2D eigenvalue weighted by molar-refractivity contribution is 7.13. The molecule has 41 heavy (non-hydrogen) atoms. The Morgan fingerprint density at radius 3 is 2.68 bits per heavy atom. The maximum atomic E-state index is 13.0. The van der Waals surface area contributed by atoms with Gasteiger partial charge in [-0.15, -0.1) is 16.2 Å². The number of β-lactam (4-membered cyclic amide) rings is 1. The summed E-state index contributed by atoms with van der Waals surface area (Å²) >= 11 is 1.01. The number of fused-ring (bicyclic) bond motifs is 1. The molecule has 17 heteroatoms. The molecule has 2 saturated heterocycles. The zero-order chi connectivity index (χ0) is 29.4. The number of allylic oxidation sites excluding steroid dienone is 1. The minimum atomic E-state index is -1.55. The van der Waals surface area contributed by atoms with Crippen molar-refractivity contribution in [2.75, 3.05) is 18.9 Å². The van der Waals surface area contributed by atoms with E-state index in [1.165, 1.54) is 28.5 Å². The van der Waals surface area contributed by atoms with E-state index in [9.17, 15) is 39.3 Å². The predicted molar refractivity (Wildman–Crippen MR) is 139 cm³/mol. The van der Waals surface area contributed by atoms with Gasteiger partial charge in [-0.2, -0.15) is 0 Å². The Balaban J connectivity index is 1.29. The molecule has 0 bridgehead atoms. The van der Waals surface area contributed by atoms with Crippen LogP contribution in [0.15, 0.2) is 57.9 Å². The smallest absolute Gasteiger partial charge is 0.356 e. The van der Waals surface area contributed by atoms with Crippen molar-refractivity contribution in [3.63, 3.8) is 0 Å². The number of carboxylic acid groups (broad SMARTS) is 1. The van der Waals surface area contributed by atoms with Crippen molar-refractivity contribution >= 4 is 45.8 Å². The number of ether oxygens (including phenoxy) is 1. The average molecular weight is 584 g/mol. The highest BCUT2D eigenvalue weighted by Gasteiger charge is 2.55. The number of carbonyl (C=O) groups is 4. The minimum absolute atomic E-state index is 0.0207. The van der Waals surface area contributed by atoms with E-state index in [2.05, 4.69) is 15.5 Å². The van der Waals surface area contributed by atoms with Crippen LogP contribution in [0.25, 0.3) is 0 Å². The molecule has 1 aromatic heterocycles. The lowest BCUT2D eigenvalue weighted by Crippen LogP contribution is -2.73. The van der Waals surface area contributed by atoms with Crippen LogP contribution in [0.5, 0.6) is 0 Å². The summed E-state index contributed by atoms with van der Waals surface area (Å²) in [6, 6.07) is 2.19. The topological polar surface area (TPSA) is 228 Å². The maximum absolute atomic E-state index is 13.0. The molecule has 0 radical (unpaired) electrons. The summed E-state index contributed by atoms with van der Waals surface area (Å²) < 4.78 is 5.65. The van der Waals surface area contributed by atoms with Crippen LogP contribution in [0.1, 0.15) is 23.7 Å². The van der Waals surface area contributed by atoms with Crippen molar-refractivity contribution in [3.8, 4) is 0 Å². The van der Waals surface area contributed by atoms with Gasteiger partial charge in [-0.25, -0.2) is 9.78 Å². The molecule has 2 aromatic rings. The lowest BCUT2D eigenvalue weighted by molar-refractivity contribution is -0.384. The van der Waals surface area contributed by atoms with Crippen molar-refractivity contribution in [3.05, 3.63) is 79.0 Å². The van der Waals surface area contributed by atoms with Crippen LogP contribution in [-0.2, 0) is 30.5 Å². The fourth-order valence-corrected chi connectivity index (χ4v) is 5.36. The van der Waals surface area contributed by atoms with Crippen LogP contribution in [0.2, 0.25) is 0 Å². The number of nitrogens with two attached hydrogens (primary N) is 1. The Bertz CT molecular complexity index is 1530. The molecule has 1 unspecified atom stereocenters. The lowest BCUT2D eigenvalue weighted by atomic mass is 9.92. The van der Waals surface area contributed by atoms with Crippen molar-refractivity contribution in [1.29, 1.82) is 0 Å². The van der Waals surface area contributed by atoms with Gasteiger partial charge in [0.25, 0.3) is 17.5 Å². The number of anilines is 1. The van der Waals surface area contributed by atoms with Crippen LogP contribution in [0.4, 0.5) is 10.8 Å². The van der Waals surface area contributed by atoms with Crippen molar-refractivity contribution in [2.45, 2.75) is 31.1 Å². The molecule has 3 amide bonds. The van der Waals surface area contributed by atoms with Crippen LogP contribution in [0.3, 0.4) is 0 Å². The summed E-state index contributed by atoms with van der Waals surface area (Å²) in [5.41, 5.74) is 5.95. The molecule has 2 fully saturated rings. The van der Waals surface area contributed by atoms with Gasteiger partial charge in [-0.1, -0.05) is 12.1 Å². The average Bonchev–Trinajstić information content (AvgIpc) is 3.52. The first-order chi connectivity index (χ1) is 19.6. The minimum Gasteiger partial charge on any atom is -0.489 e. The number of non-ortho nitro benzene ring substituents is 1. The third-order valence-corrected chi connectivity index (χ3v) is 7.51. The van der Waals surface area contributed by atoms with E-state index in [1.807, 2.05) is 0 Å². The summed E-state index contributed by atoms with van der Waals surface area (Å²) in [5, 5.41) is 27.4. The van der Waals surface area contributed by atoms with Gasteiger partial charge in [-0.05, 0) is 23.2 Å². The van der Waals surface area contributed by atoms with Crippen molar-refractivity contribution < 1.29 is 33.9 Å². The van der Waals surface area contributed by atoms with Crippen LogP contribution in [-0.4, -0.2) is 73.7 Å². The number of nitroso groups, excluding NO2 is 1. The number of hydrogen-bond donors (Lipinski definition) is 3. The number of carbonyl (C=O) groups excluding carboxylic acids is 3. The quantitative estimate of drug-likeness (QED) is 0.123. The first-order valence-electron chi connectivity index (χ1n) is 12.1. The Kier molecular flexibility index (Phi) is 7.19. The molecule has 0 aliphatic carbocycles. The Morgan fingerprint density at radius 1 is 1.34 bits per heavy atom. The standard InChI is InChI=1S/C24H21N7O9S/c25-24-26-14(10-41-24)17(28-37)20(32)27-18-15-9-40-16(19(23(35)36)30(15)22(18)34)7-12-5-6-29(21(12)33)8-11-1-3-13(4-2-11)31(38)39/h1-4,7,10,15,17-18H,5-6,8-9H2,(H2,25,26)(H,27,32)(H,35,36)/t15-,17?,18+/m1/s1. The monoisotopic (exact) mass is 583 g/mol. The first-order valence-corrected chi connectivity index (χ1v) is 13.0. The number of nitrogens with zero attached hydrogens (tertiary/aromatic N) is 5. The second-order valence-electron chi connectivity index (χ2n) is 9.28. The van der Waals surface area contributed by atoms with Gasteiger partial charge in [-0.3, -0.25) is 29.4 Å². The summed E-state index contributed by atoms with van der Waals surface area (Å²) in [7, 11) is 0. The molecule has 3 aliphatic heterocycles. The number of aromatic nitrogens is 1. The Hall–Kier alpha value is -5.19. The number of nitro groups is 1. The summed E-state index contributed by atoms with van der Waals surface area (Å²) in [5.74, 6) is -3.67. The molecule has 212 valence electrons. The molecule has 3 atom stereocenters.